The van der Waals surface area contributed by atoms with Gasteiger partial charge in [-0.3, -0.25) is 0 Å². The van der Waals surface area contributed by atoms with Crippen LogP contribution in [0.15, 0.2) is 50.1 Å². The van der Waals surface area contributed by atoms with Crippen LogP contribution in [0.1, 0.15) is 62.1 Å². The molecule has 4 rings (SSSR count). The maximum Gasteiger partial charge on any atom is 1.00 e. The van der Waals surface area contributed by atoms with Gasteiger partial charge in [0.25, 0.3) is 0 Å². The number of fused-ring (bicyclic) bond motifs is 2. The molecule has 2 heterocycles. The standard InChI is InChI=1S/C29H38N2O6S2Se2.Na/c1-6-23(17-28-30(9-7-11-38(32,33)34)24-13-19(2)21(4)15-26(24)40-28)18-29-31(10-8-12-39(35,36)37)25-14-20(3)22(5)16-27(25)41-29;/h13,15-18,25H,6-12,14H2,1-5H3,(H-,32,33,34,35,36,37);/q;+1/p-1. The summed E-state index contributed by atoms with van der Waals surface area (Å²) in [5.41, 5.74) is 7.23. The number of benzene rings is 1. The molecule has 0 bridgehead atoms. The number of allylic oxidation sites excluding steroid dienone is 4. The van der Waals surface area contributed by atoms with Crippen molar-refractivity contribution in [3.8, 4) is 0 Å². The predicted octanol–water partition coefficient (Wildman–Crippen LogP) is 0.323. The molecule has 1 aliphatic carbocycles. The maximum atomic E-state index is 11.3. The van der Waals surface area contributed by atoms with Gasteiger partial charge in [-0.2, -0.15) is 0 Å². The second-order valence-corrected chi connectivity index (χ2v) is 18.4. The Morgan fingerprint density at radius 1 is 1.05 bits per heavy atom. The molecule has 1 aromatic carbocycles. The van der Waals surface area contributed by atoms with E-state index >= 15 is 0 Å². The summed E-state index contributed by atoms with van der Waals surface area (Å²) < 4.78 is 74.9. The van der Waals surface area contributed by atoms with Crippen molar-refractivity contribution in [1.82, 2.24) is 4.90 Å². The molecule has 0 radical (unpaired) electrons. The fourth-order valence-electron chi connectivity index (χ4n) is 5.12. The Kier molecular flexibility index (Phi) is 12.6. The van der Waals surface area contributed by atoms with Gasteiger partial charge in [-0.15, -0.1) is 0 Å². The average Bonchev–Trinajstić information content (AvgIpc) is 3.34. The van der Waals surface area contributed by atoms with Crippen LogP contribution in [0, 0.1) is 13.8 Å². The first-order valence-electron chi connectivity index (χ1n) is 13.7. The van der Waals surface area contributed by atoms with Crippen LogP contribution in [0.3, 0.4) is 0 Å². The summed E-state index contributed by atoms with van der Waals surface area (Å²) in [5, 5.41) is 0. The molecule has 1 aromatic heterocycles. The van der Waals surface area contributed by atoms with E-state index in [1.807, 2.05) is 0 Å². The molecule has 1 unspecified atom stereocenters. The zero-order valence-corrected chi connectivity index (χ0v) is 32.2. The van der Waals surface area contributed by atoms with E-state index < -0.39 is 26.0 Å². The Labute approximate surface area is 284 Å². The third kappa shape index (κ3) is 9.27. The largest absolute Gasteiger partial charge is 1.00 e. The van der Waals surface area contributed by atoms with Gasteiger partial charge in [-0.25, -0.2) is 0 Å². The smallest absolute Gasteiger partial charge is 1.00 e. The SMILES string of the molecule is CCC(=Cc1[se]c2cc(C)c(C)cc2[n+]1CCCS(=O)(=O)[O-])C=C1[Se]C2=CC(C)=C(C)CC2N1CCCS(=O)(=O)[O-].[Na+]. The first-order valence-corrected chi connectivity index (χ1v) is 20.3. The van der Waals surface area contributed by atoms with Gasteiger partial charge in [-0.1, -0.05) is 0 Å². The van der Waals surface area contributed by atoms with Crippen LogP contribution < -0.4 is 34.1 Å². The monoisotopic (exact) mass is 756 g/mol. The number of nitrogens with zero attached hydrogens (tertiary/aromatic N) is 2. The van der Waals surface area contributed by atoms with Gasteiger partial charge in [0.05, 0.1) is 0 Å². The molecule has 1 aliphatic heterocycles. The Hall–Kier alpha value is -0.491. The fraction of sp³-hybridized carbons (Fsp3) is 0.483. The Balaban J connectivity index is 0.00000484. The topological polar surface area (TPSA) is 122 Å². The van der Waals surface area contributed by atoms with Crippen molar-refractivity contribution in [2.24, 2.45) is 0 Å². The van der Waals surface area contributed by atoms with Gasteiger partial charge in [0.1, 0.15) is 0 Å². The van der Waals surface area contributed by atoms with E-state index in [9.17, 15) is 25.9 Å². The number of aryl methyl sites for hydroxylation is 3. The number of hydrogen-bond donors (Lipinski definition) is 0. The zero-order chi connectivity index (χ0) is 30.1. The van der Waals surface area contributed by atoms with Crippen LogP contribution in [0.25, 0.3) is 15.9 Å². The minimum atomic E-state index is -4.29. The maximum absolute atomic E-state index is 11.3. The second-order valence-electron chi connectivity index (χ2n) is 10.8. The van der Waals surface area contributed by atoms with E-state index in [0.29, 0.717) is 19.5 Å². The first-order chi connectivity index (χ1) is 19.1. The molecule has 8 nitrogen and oxygen atoms in total. The molecule has 2 aliphatic rings. The van der Waals surface area contributed by atoms with E-state index in [1.54, 1.807) is 0 Å². The predicted molar refractivity (Wildman–Crippen MR) is 163 cm³/mol. The number of hydrogen-bond acceptors (Lipinski definition) is 7. The summed E-state index contributed by atoms with van der Waals surface area (Å²) in [6.07, 6.45) is 8.97. The van der Waals surface area contributed by atoms with Gasteiger partial charge >= 0.3 is 287 Å². The van der Waals surface area contributed by atoms with Crippen LogP contribution in [0.4, 0.5) is 0 Å². The van der Waals surface area contributed by atoms with Gasteiger partial charge in [0, 0.05) is 0 Å². The Bertz CT molecular complexity index is 1690. The minimum Gasteiger partial charge on any atom is 1.00 e. The van der Waals surface area contributed by atoms with Crippen LogP contribution >= 0.6 is 0 Å². The third-order valence-electron chi connectivity index (χ3n) is 7.68. The Morgan fingerprint density at radius 3 is 2.33 bits per heavy atom. The number of aromatic nitrogens is 1. The van der Waals surface area contributed by atoms with Crippen molar-refractivity contribution in [1.29, 1.82) is 0 Å². The molecular weight excluding hydrogens is 717 g/mol. The molecule has 42 heavy (non-hydrogen) atoms. The van der Waals surface area contributed by atoms with E-state index in [0.717, 1.165) is 28.5 Å². The zero-order valence-electron chi connectivity index (χ0n) is 25.1. The number of rotatable bonds is 11. The molecule has 224 valence electrons. The van der Waals surface area contributed by atoms with Crippen molar-refractivity contribution in [3.05, 3.63) is 65.8 Å². The normalized spacial score (nSPS) is 19.0. The summed E-state index contributed by atoms with van der Waals surface area (Å²) in [5.74, 6) is -0.760. The van der Waals surface area contributed by atoms with E-state index in [4.69, 9.17) is 0 Å². The molecule has 1 fully saturated rings. The van der Waals surface area contributed by atoms with Crippen LogP contribution in [-0.4, -0.2) is 84.4 Å². The summed E-state index contributed by atoms with van der Waals surface area (Å²) in [7, 11) is -8.56. The van der Waals surface area contributed by atoms with Gasteiger partial charge < -0.3 is 0 Å². The first kappa shape index (κ1) is 36.0. The quantitative estimate of drug-likeness (QED) is 0.184. The van der Waals surface area contributed by atoms with Crippen molar-refractivity contribution in [2.75, 3.05) is 18.1 Å². The third-order valence-corrected chi connectivity index (χ3v) is 14.0. The van der Waals surface area contributed by atoms with E-state index in [-0.39, 0.29) is 77.2 Å². The Morgan fingerprint density at radius 2 is 1.69 bits per heavy atom. The van der Waals surface area contributed by atoms with Crippen LogP contribution in [0.5, 0.6) is 0 Å². The van der Waals surface area contributed by atoms with Gasteiger partial charge in [0.2, 0.25) is 0 Å². The van der Waals surface area contributed by atoms with E-state index in [2.05, 4.69) is 74.4 Å². The molecule has 0 amide bonds. The molecule has 0 saturated carbocycles. The molecular formula is C29H37N2NaO6S2Se2. The summed E-state index contributed by atoms with van der Waals surface area (Å²) in [6, 6.07) is 4.57. The molecule has 0 spiro atoms. The molecule has 0 N–H and O–H groups in total. The molecule has 1 atom stereocenters. The molecule has 2 aromatic rings. The molecule has 1 saturated heterocycles. The summed E-state index contributed by atoms with van der Waals surface area (Å²) in [4.78, 5) is 2.30. The van der Waals surface area contributed by atoms with E-state index in [1.165, 1.54) is 35.6 Å². The van der Waals surface area contributed by atoms with Gasteiger partial charge in [-0.05, 0) is 0 Å². The summed E-state index contributed by atoms with van der Waals surface area (Å²) >= 11 is 0.114. The van der Waals surface area contributed by atoms with Crippen molar-refractivity contribution < 1.29 is 60.1 Å². The minimum absolute atomic E-state index is 0. The molecule has 13 heteroatoms. The average molecular weight is 755 g/mol. The fourth-order valence-corrected chi connectivity index (χ4v) is 11.6. The second kappa shape index (κ2) is 14.7. The van der Waals surface area contributed by atoms with Crippen molar-refractivity contribution >= 4 is 65.5 Å². The van der Waals surface area contributed by atoms with Crippen LogP contribution in [0.2, 0.25) is 0 Å². The van der Waals surface area contributed by atoms with Gasteiger partial charge in [0.15, 0.2) is 0 Å². The van der Waals surface area contributed by atoms with Crippen LogP contribution in [-0.2, 0) is 26.8 Å². The summed E-state index contributed by atoms with van der Waals surface area (Å²) in [6.45, 7) is 11.5. The van der Waals surface area contributed by atoms with Crippen molar-refractivity contribution in [3.63, 3.8) is 0 Å². The van der Waals surface area contributed by atoms with Crippen molar-refractivity contribution in [2.45, 2.75) is 72.9 Å².